The van der Waals surface area contributed by atoms with Gasteiger partial charge in [0.05, 0.1) is 18.3 Å². The largest absolute Gasteiger partial charge is 0.390 e. The van der Waals surface area contributed by atoms with E-state index in [4.69, 9.17) is 0 Å². The third kappa shape index (κ3) is 3.95. The molecule has 0 saturated carbocycles. The highest BCUT2D eigenvalue weighted by molar-refractivity contribution is 7.96. The lowest BCUT2D eigenvalue weighted by atomic mass is 9.91. The maximum atomic E-state index is 9.50. The van der Waals surface area contributed by atoms with Crippen LogP contribution in [0.5, 0.6) is 0 Å². The second-order valence-electron chi connectivity index (χ2n) is 7.03. The van der Waals surface area contributed by atoms with Gasteiger partial charge >= 0.3 is 0 Å². The number of aliphatic hydroxyl groups excluding tert-OH is 1. The fourth-order valence-electron chi connectivity index (χ4n) is 3.97. The van der Waals surface area contributed by atoms with E-state index in [0.29, 0.717) is 6.04 Å². The number of aromatic nitrogens is 2. The number of fused-ring (bicyclic) bond motifs is 1. The van der Waals surface area contributed by atoms with Crippen molar-refractivity contribution in [2.45, 2.75) is 38.0 Å². The van der Waals surface area contributed by atoms with Crippen LogP contribution in [0.25, 0.3) is 11.1 Å². The summed E-state index contributed by atoms with van der Waals surface area (Å²) >= 11 is 1.67. The SMILES string of the molecule is CSNC1CCc2cc(CO)nn2C1Cc1cccc(-c2ccccc2)c1. The molecule has 27 heavy (non-hydrogen) atoms. The molecule has 0 amide bonds. The van der Waals surface area contributed by atoms with E-state index in [0.717, 1.165) is 25.0 Å². The molecule has 0 saturated heterocycles. The first-order chi connectivity index (χ1) is 13.3. The van der Waals surface area contributed by atoms with Crippen LogP contribution < -0.4 is 4.72 Å². The van der Waals surface area contributed by atoms with Gasteiger partial charge in [-0.2, -0.15) is 5.10 Å². The Labute approximate surface area is 164 Å². The van der Waals surface area contributed by atoms with Crippen molar-refractivity contribution in [3.63, 3.8) is 0 Å². The van der Waals surface area contributed by atoms with E-state index in [9.17, 15) is 5.11 Å². The highest BCUT2D eigenvalue weighted by Crippen LogP contribution is 2.30. The molecule has 5 heteroatoms. The van der Waals surface area contributed by atoms with Gasteiger partial charge in [0.2, 0.25) is 0 Å². The first kappa shape index (κ1) is 18.3. The molecule has 2 unspecified atom stereocenters. The first-order valence-electron chi connectivity index (χ1n) is 9.39. The minimum absolute atomic E-state index is 0.00314. The number of aryl methyl sites for hydroxylation is 1. The Morgan fingerprint density at radius 1 is 1.11 bits per heavy atom. The average molecular weight is 380 g/mol. The molecule has 1 aliphatic heterocycles. The molecule has 0 spiro atoms. The van der Waals surface area contributed by atoms with E-state index in [2.05, 4.69) is 69.3 Å². The molecular formula is C22H25N3OS. The van der Waals surface area contributed by atoms with Gasteiger partial charge in [-0.1, -0.05) is 66.5 Å². The Morgan fingerprint density at radius 2 is 1.93 bits per heavy atom. The zero-order chi connectivity index (χ0) is 18.6. The standard InChI is InChI=1S/C22H25N3OS/c1-27-24-21-11-10-20-14-19(15-26)23-25(20)22(21)13-16-6-5-9-18(12-16)17-7-3-2-4-8-17/h2-9,12,14,21-22,24,26H,10-11,13,15H2,1H3. The van der Waals surface area contributed by atoms with Gasteiger partial charge < -0.3 is 5.11 Å². The summed E-state index contributed by atoms with van der Waals surface area (Å²) in [6.45, 7) is -0.00314. The van der Waals surface area contributed by atoms with Crippen LogP contribution in [0.15, 0.2) is 60.7 Å². The molecule has 140 valence electrons. The zero-order valence-electron chi connectivity index (χ0n) is 15.5. The van der Waals surface area contributed by atoms with Crippen molar-refractivity contribution in [1.82, 2.24) is 14.5 Å². The minimum atomic E-state index is -0.00314. The number of hydrogen-bond donors (Lipinski definition) is 2. The second kappa shape index (κ2) is 8.30. The van der Waals surface area contributed by atoms with Crippen LogP contribution in [0.1, 0.15) is 29.4 Å². The van der Waals surface area contributed by atoms with Crippen LogP contribution in [0.3, 0.4) is 0 Å². The summed E-state index contributed by atoms with van der Waals surface area (Å²) in [7, 11) is 0. The van der Waals surface area contributed by atoms with Crippen molar-refractivity contribution in [3.05, 3.63) is 77.6 Å². The van der Waals surface area contributed by atoms with Gasteiger partial charge in [0.15, 0.2) is 0 Å². The van der Waals surface area contributed by atoms with Gasteiger partial charge in [0.25, 0.3) is 0 Å². The molecule has 2 N–H and O–H groups in total. The predicted molar refractivity (Wildman–Crippen MR) is 112 cm³/mol. The van der Waals surface area contributed by atoms with E-state index in [1.165, 1.54) is 22.4 Å². The van der Waals surface area contributed by atoms with Crippen molar-refractivity contribution in [1.29, 1.82) is 0 Å². The Kier molecular flexibility index (Phi) is 5.62. The number of hydrogen-bond acceptors (Lipinski definition) is 4. The molecule has 3 aromatic rings. The molecule has 2 aromatic carbocycles. The quantitative estimate of drug-likeness (QED) is 0.636. The smallest absolute Gasteiger partial charge is 0.0881 e. The molecule has 4 rings (SSSR count). The highest BCUT2D eigenvalue weighted by atomic mass is 32.2. The third-order valence-corrected chi connectivity index (χ3v) is 5.80. The van der Waals surface area contributed by atoms with Gasteiger partial charge in [0, 0.05) is 11.7 Å². The highest BCUT2D eigenvalue weighted by Gasteiger charge is 2.30. The summed E-state index contributed by atoms with van der Waals surface area (Å²) in [6, 6.07) is 21.9. The van der Waals surface area contributed by atoms with Crippen molar-refractivity contribution < 1.29 is 5.11 Å². The van der Waals surface area contributed by atoms with E-state index in [1.807, 2.05) is 12.1 Å². The van der Waals surface area contributed by atoms with Gasteiger partial charge in [-0.15, -0.1) is 0 Å². The van der Waals surface area contributed by atoms with Crippen LogP contribution in [0.4, 0.5) is 0 Å². The predicted octanol–water partition coefficient (Wildman–Crippen LogP) is 4.01. The van der Waals surface area contributed by atoms with Crippen LogP contribution >= 0.6 is 11.9 Å². The van der Waals surface area contributed by atoms with Gasteiger partial charge in [-0.05, 0) is 48.3 Å². The summed E-state index contributed by atoms with van der Waals surface area (Å²) in [4.78, 5) is 0. The molecule has 1 aromatic heterocycles. The summed E-state index contributed by atoms with van der Waals surface area (Å²) in [5, 5.41) is 14.2. The normalized spacial score (nSPS) is 19.0. The summed E-state index contributed by atoms with van der Waals surface area (Å²) < 4.78 is 5.70. The molecule has 2 heterocycles. The maximum absolute atomic E-state index is 9.50. The van der Waals surface area contributed by atoms with Crippen molar-refractivity contribution in [2.75, 3.05) is 6.26 Å². The molecule has 0 radical (unpaired) electrons. The Balaban J connectivity index is 1.64. The molecule has 1 aliphatic rings. The molecule has 4 nitrogen and oxygen atoms in total. The van der Waals surface area contributed by atoms with E-state index in [1.54, 1.807) is 11.9 Å². The summed E-state index contributed by atoms with van der Waals surface area (Å²) in [6.07, 6.45) is 5.06. The Bertz CT molecular complexity index is 894. The monoisotopic (exact) mass is 379 g/mol. The van der Waals surface area contributed by atoms with Crippen LogP contribution in [-0.4, -0.2) is 27.2 Å². The average Bonchev–Trinajstić information content (AvgIpc) is 3.15. The molecule has 0 bridgehead atoms. The number of aliphatic hydroxyl groups is 1. The minimum Gasteiger partial charge on any atom is -0.390 e. The van der Waals surface area contributed by atoms with E-state index < -0.39 is 0 Å². The van der Waals surface area contributed by atoms with E-state index in [-0.39, 0.29) is 12.6 Å². The topological polar surface area (TPSA) is 50.1 Å². The third-order valence-electron chi connectivity index (χ3n) is 5.26. The number of nitrogens with zero attached hydrogens (tertiary/aromatic N) is 2. The fraction of sp³-hybridized carbons (Fsp3) is 0.318. The molecular weight excluding hydrogens is 354 g/mol. The Hall–Kier alpha value is -2.08. The van der Waals surface area contributed by atoms with Crippen molar-refractivity contribution in [2.24, 2.45) is 0 Å². The van der Waals surface area contributed by atoms with Gasteiger partial charge in [-0.3, -0.25) is 9.40 Å². The van der Waals surface area contributed by atoms with Crippen LogP contribution in [0.2, 0.25) is 0 Å². The first-order valence-corrected chi connectivity index (χ1v) is 10.6. The van der Waals surface area contributed by atoms with Gasteiger partial charge in [0.1, 0.15) is 0 Å². The lowest BCUT2D eigenvalue weighted by molar-refractivity contribution is 0.267. The fourth-order valence-corrected chi connectivity index (χ4v) is 4.55. The van der Waals surface area contributed by atoms with Crippen LogP contribution in [0, 0.1) is 0 Å². The number of rotatable bonds is 6. The number of benzene rings is 2. The van der Waals surface area contributed by atoms with Gasteiger partial charge in [-0.25, -0.2) is 0 Å². The lowest BCUT2D eigenvalue weighted by Gasteiger charge is -2.33. The second-order valence-corrected chi connectivity index (χ2v) is 7.68. The maximum Gasteiger partial charge on any atom is 0.0881 e. The lowest BCUT2D eigenvalue weighted by Crippen LogP contribution is -2.40. The number of nitrogens with one attached hydrogen (secondary N) is 1. The van der Waals surface area contributed by atoms with Crippen LogP contribution in [-0.2, 0) is 19.4 Å². The Morgan fingerprint density at radius 3 is 2.70 bits per heavy atom. The molecule has 2 atom stereocenters. The summed E-state index contributed by atoms with van der Waals surface area (Å²) in [5.41, 5.74) is 5.78. The summed E-state index contributed by atoms with van der Waals surface area (Å²) in [5.74, 6) is 0. The molecule has 0 aliphatic carbocycles. The van der Waals surface area contributed by atoms with E-state index >= 15 is 0 Å². The van der Waals surface area contributed by atoms with Crippen molar-refractivity contribution in [3.8, 4) is 11.1 Å². The molecule has 0 fully saturated rings. The zero-order valence-corrected chi connectivity index (χ0v) is 16.3. The van der Waals surface area contributed by atoms with Crippen molar-refractivity contribution >= 4 is 11.9 Å².